The number of carbonyl (C=O) groups is 3. The van der Waals surface area contributed by atoms with Crippen molar-refractivity contribution >= 4 is 46.8 Å². The summed E-state index contributed by atoms with van der Waals surface area (Å²) in [5.41, 5.74) is -0.146. The number of carboxylic acid groups (broad SMARTS) is 1. The fraction of sp³-hybridized carbons (Fsp3) is 0.571. The van der Waals surface area contributed by atoms with E-state index in [4.69, 9.17) is 17.0 Å². The van der Waals surface area contributed by atoms with E-state index in [0.29, 0.717) is 0 Å². The first-order valence-electron chi connectivity index (χ1n) is 7.31. The van der Waals surface area contributed by atoms with E-state index < -0.39 is 42.0 Å². The minimum absolute atomic E-state index is 0.104. The van der Waals surface area contributed by atoms with Gasteiger partial charge in [0.25, 0.3) is 5.91 Å². The molecule has 0 radical (unpaired) electrons. The van der Waals surface area contributed by atoms with E-state index >= 15 is 0 Å². The van der Waals surface area contributed by atoms with E-state index in [1.807, 2.05) is 0 Å². The number of esters is 1. The van der Waals surface area contributed by atoms with E-state index in [1.165, 1.54) is 6.92 Å². The van der Waals surface area contributed by atoms with Crippen LogP contribution < -0.4 is 0 Å². The zero-order chi connectivity index (χ0) is 19.8. The van der Waals surface area contributed by atoms with Crippen LogP contribution in [0.2, 0.25) is 0 Å². The smallest absolute Gasteiger partial charge is 0.405 e. The number of hydrogen-bond donors (Lipinski definition) is 1. The number of alkyl halides is 3. The van der Waals surface area contributed by atoms with Crippen LogP contribution in [-0.4, -0.2) is 74.2 Å². The number of carbonyl (C=O) groups excluding carboxylic acids is 2. The van der Waals surface area contributed by atoms with E-state index in [-0.39, 0.29) is 28.6 Å². The SMILES string of the molecule is CC(=O)OCC1=C(C(=O)O)N2C(=O)[C@@H](N(CC(F)(F)F)C(C)=S)[C@H]2SC1. The van der Waals surface area contributed by atoms with Crippen LogP contribution in [0.1, 0.15) is 13.8 Å². The lowest BCUT2D eigenvalue weighted by molar-refractivity contribution is -0.164. The van der Waals surface area contributed by atoms with E-state index in [1.54, 1.807) is 0 Å². The lowest BCUT2D eigenvalue weighted by Crippen LogP contribution is -2.71. The topological polar surface area (TPSA) is 87.1 Å². The first-order valence-corrected chi connectivity index (χ1v) is 8.77. The summed E-state index contributed by atoms with van der Waals surface area (Å²) in [6, 6.07) is -1.19. The maximum absolute atomic E-state index is 12.8. The van der Waals surface area contributed by atoms with Gasteiger partial charge in [-0.2, -0.15) is 13.2 Å². The standard InChI is InChI=1S/C14H15F3N2O5S2/c1-6(25)18(5-14(15,16)17)10-11(21)19-9(13(22)23)8(3-24-7(2)20)4-26-12(10)19/h10,12H,3-5H2,1-2H3,(H,22,23)/t10-,12-/m1/s1. The number of hydrogen-bond acceptors (Lipinski definition) is 6. The summed E-state index contributed by atoms with van der Waals surface area (Å²) in [5.74, 6) is -2.70. The molecule has 0 aliphatic carbocycles. The number of carboxylic acids is 1. The van der Waals surface area contributed by atoms with Crippen LogP contribution in [0.3, 0.4) is 0 Å². The van der Waals surface area contributed by atoms with Gasteiger partial charge in [-0.05, 0) is 6.92 Å². The molecule has 1 fully saturated rings. The molecule has 12 heteroatoms. The molecule has 2 aliphatic rings. The number of thioether (sulfide) groups is 1. The van der Waals surface area contributed by atoms with E-state index in [9.17, 15) is 32.7 Å². The van der Waals surface area contributed by atoms with Crippen LogP contribution in [0, 0.1) is 0 Å². The molecular formula is C14H15F3N2O5S2. The summed E-state index contributed by atoms with van der Waals surface area (Å²) in [6.07, 6.45) is -4.56. The second-order valence-corrected chi connectivity index (χ2v) is 7.35. The number of thiocarbonyl (C=S) groups is 1. The highest BCUT2D eigenvalue weighted by atomic mass is 32.2. The quantitative estimate of drug-likeness (QED) is 0.412. The Hall–Kier alpha value is -1.82. The predicted octanol–water partition coefficient (Wildman–Crippen LogP) is 1.38. The molecular weight excluding hydrogens is 397 g/mol. The van der Waals surface area contributed by atoms with Gasteiger partial charge in [-0.15, -0.1) is 11.8 Å². The molecule has 2 rings (SSSR count). The summed E-state index contributed by atoms with van der Waals surface area (Å²) >= 11 is 5.94. The second kappa shape index (κ2) is 7.43. The van der Waals surface area contributed by atoms with Gasteiger partial charge in [-0.3, -0.25) is 14.5 Å². The van der Waals surface area contributed by atoms with Gasteiger partial charge in [-0.25, -0.2) is 4.79 Å². The third kappa shape index (κ3) is 4.11. The molecule has 0 aromatic carbocycles. The molecule has 0 saturated carbocycles. The number of ether oxygens (including phenoxy) is 1. The second-order valence-electron chi connectivity index (χ2n) is 5.65. The summed E-state index contributed by atoms with van der Waals surface area (Å²) < 4.78 is 43.2. The Kier molecular flexibility index (Phi) is 5.85. The van der Waals surface area contributed by atoms with Gasteiger partial charge in [0.05, 0.1) is 4.99 Å². The molecule has 2 aliphatic heterocycles. The van der Waals surface area contributed by atoms with Gasteiger partial charge in [0.2, 0.25) is 0 Å². The highest BCUT2D eigenvalue weighted by molar-refractivity contribution is 8.00. The summed E-state index contributed by atoms with van der Waals surface area (Å²) in [5, 5.41) is 8.60. The Bertz CT molecular complexity index is 695. The maximum Gasteiger partial charge on any atom is 0.405 e. The molecule has 1 amide bonds. The molecule has 144 valence electrons. The summed E-state index contributed by atoms with van der Waals surface area (Å²) in [6.45, 7) is 0.742. The lowest BCUT2D eigenvalue weighted by Gasteiger charge is -2.53. The molecule has 0 aromatic rings. The van der Waals surface area contributed by atoms with Crippen molar-refractivity contribution in [3.05, 3.63) is 11.3 Å². The Morgan fingerprint density at radius 3 is 2.50 bits per heavy atom. The predicted molar refractivity (Wildman–Crippen MR) is 89.2 cm³/mol. The van der Waals surface area contributed by atoms with Gasteiger partial charge in [-0.1, -0.05) is 12.2 Å². The first kappa shape index (κ1) is 20.5. The Morgan fingerprint density at radius 2 is 2.04 bits per heavy atom. The third-order valence-electron chi connectivity index (χ3n) is 3.76. The van der Waals surface area contributed by atoms with Crippen molar-refractivity contribution in [3.8, 4) is 0 Å². The van der Waals surface area contributed by atoms with Crippen molar-refractivity contribution in [3.63, 3.8) is 0 Å². The molecule has 7 nitrogen and oxygen atoms in total. The minimum atomic E-state index is -4.56. The van der Waals surface area contributed by atoms with Crippen LogP contribution in [0.25, 0.3) is 0 Å². The molecule has 2 atom stereocenters. The highest BCUT2D eigenvalue weighted by Gasteiger charge is 2.57. The van der Waals surface area contributed by atoms with Crippen LogP contribution in [0.4, 0.5) is 13.2 Å². The van der Waals surface area contributed by atoms with Crippen LogP contribution in [0.5, 0.6) is 0 Å². The number of fused-ring (bicyclic) bond motifs is 1. The van der Waals surface area contributed by atoms with Crippen molar-refractivity contribution in [2.75, 3.05) is 18.9 Å². The van der Waals surface area contributed by atoms with Gasteiger partial charge in [0, 0.05) is 18.2 Å². The highest BCUT2D eigenvalue weighted by Crippen LogP contribution is 2.43. The lowest BCUT2D eigenvalue weighted by atomic mass is 10.0. The number of rotatable bonds is 5. The average molecular weight is 412 g/mol. The van der Waals surface area contributed by atoms with Gasteiger partial charge < -0.3 is 14.7 Å². The third-order valence-corrected chi connectivity index (χ3v) is 5.32. The van der Waals surface area contributed by atoms with Gasteiger partial charge in [0.15, 0.2) is 0 Å². The first-order chi connectivity index (χ1) is 11.9. The van der Waals surface area contributed by atoms with Crippen molar-refractivity contribution in [2.45, 2.75) is 31.4 Å². The molecule has 0 spiro atoms. The number of amides is 1. The van der Waals surface area contributed by atoms with Crippen LogP contribution >= 0.6 is 24.0 Å². The Balaban J connectivity index is 2.29. The van der Waals surface area contributed by atoms with Crippen LogP contribution in [-0.2, 0) is 19.1 Å². The normalized spacial score (nSPS) is 22.5. The van der Waals surface area contributed by atoms with Crippen molar-refractivity contribution in [2.24, 2.45) is 0 Å². The molecule has 0 bridgehead atoms. The largest absolute Gasteiger partial charge is 0.477 e. The fourth-order valence-corrected chi connectivity index (χ4v) is 4.29. The van der Waals surface area contributed by atoms with Crippen molar-refractivity contribution < 1.29 is 37.4 Å². The Morgan fingerprint density at radius 1 is 1.42 bits per heavy atom. The van der Waals surface area contributed by atoms with Crippen LogP contribution in [0.15, 0.2) is 11.3 Å². The molecule has 0 unspecified atom stereocenters. The molecule has 0 aromatic heterocycles. The van der Waals surface area contributed by atoms with Gasteiger partial charge in [0.1, 0.15) is 30.3 Å². The average Bonchev–Trinajstić information content (AvgIpc) is 2.49. The molecule has 1 saturated heterocycles. The minimum Gasteiger partial charge on any atom is -0.477 e. The Labute approximate surface area is 156 Å². The summed E-state index contributed by atoms with van der Waals surface area (Å²) in [7, 11) is 0. The monoisotopic (exact) mass is 412 g/mol. The molecule has 26 heavy (non-hydrogen) atoms. The van der Waals surface area contributed by atoms with Gasteiger partial charge >= 0.3 is 18.1 Å². The van der Waals surface area contributed by atoms with Crippen molar-refractivity contribution in [1.29, 1.82) is 0 Å². The number of β-lactam (4-membered cyclic amide) rings is 1. The number of aliphatic carboxylic acids is 1. The number of nitrogens with zero attached hydrogens (tertiary/aromatic N) is 2. The zero-order valence-corrected chi connectivity index (χ0v) is 15.3. The molecule has 2 heterocycles. The fourth-order valence-electron chi connectivity index (χ4n) is 2.72. The van der Waals surface area contributed by atoms with E-state index in [0.717, 1.165) is 28.5 Å². The zero-order valence-electron chi connectivity index (χ0n) is 13.7. The van der Waals surface area contributed by atoms with E-state index in [2.05, 4.69) is 0 Å². The molecule has 1 N–H and O–H groups in total. The van der Waals surface area contributed by atoms with Crippen molar-refractivity contribution in [1.82, 2.24) is 9.80 Å². The maximum atomic E-state index is 12.8. The summed E-state index contributed by atoms with van der Waals surface area (Å²) in [4.78, 5) is 36.6. The number of halogens is 3.